The van der Waals surface area contributed by atoms with Crippen LogP contribution in [-0.4, -0.2) is 98.7 Å². The van der Waals surface area contributed by atoms with Crippen LogP contribution in [0.4, 0.5) is 5.82 Å². The quantitative estimate of drug-likeness (QED) is 0.204. The van der Waals surface area contributed by atoms with Crippen LogP contribution in [0, 0.1) is 0 Å². The minimum absolute atomic E-state index is 0. The summed E-state index contributed by atoms with van der Waals surface area (Å²) in [6.45, 7) is -0.771. The van der Waals surface area contributed by atoms with Gasteiger partial charge in [0, 0.05) is 29.6 Å². The van der Waals surface area contributed by atoms with Gasteiger partial charge in [0.25, 0.3) is 0 Å². The number of aliphatic hydroxyl groups excluding tert-OH is 1. The van der Waals surface area contributed by atoms with Gasteiger partial charge in [0.2, 0.25) is 0 Å². The summed E-state index contributed by atoms with van der Waals surface area (Å²) in [5, 5.41) is 10.3. The van der Waals surface area contributed by atoms with E-state index >= 15 is 0 Å². The van der Waals surface area contributed by atoms with Gasteiger partial charge >= 0.3 is 15.6 Å². The summed E-state index contributed by atoms with van der Waals surface area (Å²) in [4.78, 5) is 47.5. The van der Waals surface area contributed by atoms with E-state index in [0.717, 1.165) is 6.33 Å². The number of anilines is 1. The number of nitrogens with two attached hydrogens (primary N) is 1. The average molecular weight is 450 g/mol. The summed E-state index contributed by atoms with van der Waals surface area (Å²) in [5.41, 5.74) is 5.96. The second kappa shape index (κ2) is 8.70. The SMILES string of the molecule is Nc1ncnc2c1ncn2[C@@H]1O[C@H](COP(=O)(O)O)[C@@H](O)[C@H]1OP(=O)(O)O.[Na]. The van der Waals surface area contributed by atoms with E-state index in [9.17, 15) is 14.2 Å². The molecule has 2 aromatic rings. The van der Waals surface area contributed by atoms with E-state index in [1.54, 1.807) is 0 Å². The number of phosphoric ester groups is 2. The summed E-state index contributed by atoms with van der Waals surface area (Å²) in [5.74, 6) is 0.0335. The minimum Gasteiger partial charge on any atom is -0.387 e. The third-order valence-corrected chi connectivity index (χ3v) is 4.64. The van der Waals surface area contributed by atoms with Crippen molar-refractivity contribution in [3.05, 3.63) is 12.7 Å². The second-order valence-corrected chi connectivity index (χ2v) is 7.92. The molecule has 0 aliphatic carbocycles. The van der Waals surface area contributed by atoms with Gasteiger partial charge in [-0.3, -0.25) is 13.6 Å². The van der Waals surface area contributed by atoms with E-state index in [0.29, 0.717) is 0 Å². The fourth-order valence-electron chi connectivity index (χ4n) is 2.58. The maximum Gasteiger partial charge on any atom is 0.470 e. The van der Waals surface area contributed by atoms with Crippen LogP contribution < -0.4 is 5.73 Å². The Morgan fingerprint density at radius 3 is 2.46 bits per heavy atom. The Labute approximate surface area is 178 Å². The Hall–Kier alpha value is -0.510. The van der Waals surface area contributed by atoms with Gasteiger partial charge in [0.15, 0.2) is 17.7 Å². The third kappa shape index (κ3) is 5.34. The summed E-state index contributed by atoms with van der Waals surface area (Å²) < 4.78 is 37.7. The molecule has 0 spiro atoms. The van der Waals surface area contributed by atoms with Gasteiger partial charge in [-0.15, -0.1) is 0 Å². The smallest absolute Gasteiger partial charge is 0.387 e. The average Bonchev–Trinajstić information content (AvgIpc) is 3.07. The van der Waals surface area contributed by atoms with Crippen LogP contribution in [0.25, 0.3) is 11.2 Å². The molecule has 1 saturated heterocycles. The minimum atomic E-state index is -5.06. The zero-order valence-electron chi connectivity index (χ0n) is 14.2. The predicted molar refractivity (Wildman–Crippen MR) is 90.3 cm³/mol. The first-order chi connectivity index (χ1) is 12.5. The molecule has 0 bridgehead atoms. The van der Waals surface area contributed by atoms with Crippen LogP contribution in [0.2, 0.25) is 0 Å². The monoisotopic (exact) mass is 450 g/mol. The van der Waals surface area contributed by atoms with E-state index in [4.69, 9.17) is 30.0 Å². The Bertz CT molecular complexity index is 932. The van der Waals surface area contributed by atoms with Crippen LogP contribution in [-0.2, 0) is 22.9 Å². The molecule has 7 N–H and O–H groups in total. The van der Waals surface area contributed by atoms with Crippen molar-refractivity contribution < 1.29 is 47.6 Å². The number of aromatic nitrogens is 4. The molecule has 3 rings (SSSR count). The molecule has 1 fully saturated rings. The Kier molecular flexibility index (Phi) is 7.38. The summed E-state index contributed by atoms with van der Waals surface area (Å²) >= 11 is 0. The zero-order valence-corrected chi connectivity index (χ0v) is 18.0. The fourth-order valence-corrected chi connectivity index (χ4v) is 3.47. The van der Waals surface area contributed by atoms with Crippen molar-refractivity contribution in [1.82, 2.24) is 19.5 Å². The number of imidazole rings is 1. The second-order valence-electron chi connectivity index (χ2n) is 5.49. The Balaban J connectivity index is 0.00000280. The van der Waals surface area contributed by atoms with Crippen molar-refractivity contribution >= 4 is 62.2 Å². The van der Waals surface area contributed by atoms with Crippen LogP contribution in [0.5, 0.6) is 0 Å². The standard InChI is InChI=1S/C10H15N5O10P2.Na/c11-8-5-9(13-2-12-8)15(3-14-5)10-7(25-27(20,21)22)6(16)4(24-10)1-23-26(17,18)19;/h2-4,6-7,10,16H,1H2,(H2,11,12,13)(H2,17,18,19)(H2,20,21,22);/t4-,6-,7-,10-;/m1./s1. The molecular formula is C10H15N5NaO10P2. The van der Waals surface area contributed by atoms with E-state index in [1.165, 1.54) is 10.9 Å². The molecule has 0 unspecified atom stereocenters. The van der Waals surface area contributed by atoms with Crippen molar-refractivity contribution in [2.75, 3.05) is 12.3 Å². The van der Waals surface area contributed by atoms with E-state index in [1.807, 2.05) is 0 Å². The van der Waals surface area contributed by atoms with Crippen LogP contribution >= 0.6 is 15.6 Å². The van der Waals surface area contributed by atoms with Gasteiger partial charge in [-0.2, -0.15) is 0 Å². The molecule has 15 nitrogen and oxygen atoms in total. The molecule has 0 saturated carbocycles. The van der Waals surface area contributed by atoms with Crippen molar-refractivity contribution in [1.29, 1.82) is 0 Å². The third-order valence-electron chi connectivity index (χ3n) is 3.64. The number of hydrogen-bond donors (Lipinski definition) is 6. The van der Waals surface area contributed by atoms with E-state index in [2.05, 4.69) is 24.0 Å². The first-order valence-electron chi connectivity index (χ1n) is 7.17. The number of hydrogen-bond acceptors (Lipinski definition) is 10. The summed E-state index contributed by atoms with van der Waals surface area (Å²) in [7, 11) is -9.94. The first-order valence-corrected chi connectivity index (χ1v) is 10.2. The maximum atomic E-state index is 11.3. The van der Waals surface area contributed by atoms with Gasteiger partial charge in [0.05, 0.1) is 12.9 Å². The molecule has 3 heterocycles. The van der Waals surface area contributed by atoms with Crippen molar-refractivity contribution in [3.63, 3.8) is 0 Å². The summed E-state index contributed by atoms with van der Waals surface area (Å²) in [6.07, 6.45) is -3.78. The molecule has 4 atom stereocenters. The molecule has 28 heavy (non-hydrogen) atoms. The molecule has 151 valence electrons. The Morgan fingerprint density at radius 2 is 1.86 bits per heavy atom. The van der Waals surface area contributed by atoms with Crippen molar-refractivity contribution in [2.24, 2.45) is 0 Å². The number of fused-ring (bicyclic) bond motifs is 1. The topological polar surface area (TPSA) is 233 Å². The number of aliphatic hydroxyl groups is 1. The number of phosphoric acid groups is 2. The number of ether oxygens (including phenoxy) is 1. The van der Waals surface area contributed by atoms with Gasteiger partial charge in [-0.1, -0.05) is 0 Å². The fraction of sp³-hybridized carbons (Fsp3) is 0.500. The zero-order chi connectivity index (χ0) is 20.0. The van der Waals surface area contributed by atoms with Gasteiger partial charge in [-0.05, 0) is 0 Å². The van der Waals surface area contributed by atoms with E-state index in [-0.39, 0.29) is 46.5 Å². The molecule has 1 aliphatic heterocycles. The normalized spacial score (nSPS) is 25.8. The molecule has 0 amide bonds. The maximum absolute atomic E-state index is 11.3. The van der Waals surface area contributed by atoms with Gasteiger partial charge in [0.1, 0.15) is 30.2 Å². The molecular weight excluding hydrogens is 435 g/mol. The van der Waals surface area contributed by atoms with Crippen LogP contribution in [0.15, 0.2) is 12.7 Å². The Morgan fingerprint density at radius 1 is 1.18 bits per heavy atom. The first kappa shape index (κ1) is 23.8. The molecule has 1 radical (unpaired) electrons. The van der Waals surface area contributed by atoms with Gasteiger partial charge in [-0.25, -0.2) is 24.1 Å². The molecule has 18 heteroatoms. The number of nitrogen functional groups attached to an aromatic ring is 1. The van der Waals surface area contributed by atoms with Crippen LogP contribution in [0.3, 0.4) is 0 Å². The molecule has 0 aromatic carbocycles. The predicted octanol–water partition coefficient (Wildman–Crippen LogP) is -2.13. The van der Waals surface area contributed by atoms with Crippen molar-refractivity contribution in [3.8, 4) is 0 Å². The van der Waals surface area contributed by atoms with Crippen LogP contribution in [0.1, 0.15) is 6.23 Å². The van der Waals surface area contributed by atoms with Crippen molar-refractivity contribution in [2.45, 2.75) is 24.5 Å². The largest absolute Gasteiger partial charge is 0.470 e. The molecule has 2 aromatic heterocycles. The number of nitrogens with zero attached hydrogens (tertiary/aromatic N) is 4. The summed E-state index contributed by atoms with van der Waals surface area (Å²) in [6, 6.07) is 0. The number of rotatable bonds is 6. The van der Waals surface area contributed by atoms with E-state index < -0.39 is 46.8 Å². The van der Waals surface area contributed by atoms with Gasteiger partial charge < -0.3 is 35.2 Å². The molecule has 1 aliphatic rings.